The molecule has 0 aliphatic carbocycles. The summed E-state index contributed by atoms with van der Waals surface area (Å²) >= 11 is 0. The number of methoxy groups -OCH3 is 1. The maximum Gasteiger partial charge on any atom is 0.138 e. The molecule has 1 heterocycles. The van der Waals surface area contributed by atoms with Crippen molar-refractivity contribution in [2.24, 2.45) is 0 Å². The zero-order valence-corrected chi connectivity index (χ0v) is 8.14. The van der Waals surface area contributed by atoms with Gasteiger partial charge >= 0.3 is 0 Å². The van der Waals surface area contributed by atoms with Gasteiger partial charge in [0.15, 0.2) is 0 Å². The molecule has 1 aromatic carbocycles. The van der Waals surface area contributed by atoms with Crippen molar-refractivity contribution in [3.8, 4) is 11.4 Å². The van der Waals surface area contributed by atoms with Crippen LogP contribution in [0.2, 0.25) is 0 Å². The Morgan fingerprint density at radius 1 is 1.36 bits per heavy atom. The van der Waals surface area contributed by atoms with Crippen LogP contribution >= 0.6 is 0 Å². The van der Waals surface area contributed by atoms with Gasteiger partial charge in [-0.2, -0.15) is 5.10 Å². The second-order valence-corrected chi connectivity index (χ2v) is 2.99. The molecule has 1 aromatic heterocycles. The molecule has 0 radical (unpaired) electrons. The Bertz CT molecular complexity index is 423. The fourth-order valence-electron chi connectivity index (χ4n) is 1.34. The van der Waals surface area contributed by atoms with Crippen molar-refractivity contribution in [2.45, 2.75) is 6.92 Å². The zero-order chi connectivity index (χ0) is 9.97. The molecule has 2 aromatic rings. The van der Waals surface area contributed by atoms with E-state index in [9.17, 15) is 0 Å². The minimum Gasteiger partial charge on any atom is -0.497 e. The summed E-state index contributed by atoms with van der Waals surface area (Å²) < 4.78 is 6.85. The lowest BCUT2D eigenvalue weighted by Gasteiger charge is -2.06. The van der Waals surface area contributed by atoms with E-state index in [4.69, 9.17) is 4.74 Å². The first-order valence-electron chi connectivity index (χ1n) is 4.31. The minimum atomic E-state index is 0.853. The lowest BCUT2D eigenvalue weighted by Crippen LogP contribution is -1.97. The number of hydrogen-bond donors (Lipinski definition) is 0. The van der Waals surface area contributed by atoms with Gasteiger partial charge in [-0.15, -0.1) is 0 Å². The number of aryl methyl sites for hydroxylation is 1. The van der Waals surface area contributed by atoms with Crippen molar-refractivity contribution in [2.75, 3.05) is 7.11 Å². The van der Waals surface area contributed by atoms with E-state index in [0.29, 0.717) is 0 Å². The van der Waals surface area contributed by atoms with Gasteiger partial charge in [-0.3, -0.25) is 0 Å². The Labute approximate surface area is 82.2 Å². The molecule has 14 heavy (non-hydrogen) atoms. The monoisotopic (exact) mass is 189 g/mol. The van der Waals surface area contributed by atoms with Crippen LogP contribution in [0, 0.1) is 6.92 Å². The van der Waals surface area contributed by atoms with Gasteiger partial charge in [-0.25, -0.2) is 9.67 Å². The molecule has 0 aliphatic heterocycles. The Balaban J connectivity index is 2.46. The summed E-state index contributed by atoms with van der Waals surface area (Å²) in [6, 6.07) is 5.84. The standard InChI is InChI=1S/C10H11N3O/c1-8-5-9(14-2)3-4-10(8)13-7-11-6-12-13/h3-7H,1-2H3. The van der Waals surface area contributed by atoms with Crippen LogP contribution in [0.15, 0.2) is 30.9 Å². The predicted octanol–water partition coefficient (Wildman–Crippen LogP) is 1.58. The Morgan fingerprint density at radius 2 is 2.21 bits per heavy atom. The van der Waals surface area contributed by atoms with Crippen molar-refractivity contribution < 1.29 is 4.74 Å². The molecule has 2 rings (SSSR count). The van der Waals surface area contributed by atoms with Gasteiger partial charge in [0.2, 0.25) is 0 Å². The lowest BCUT2D eigenvalue weighted by molar-refractivity contribution is 0.414. The van der Waals surface area contributed by atoms with Gasteiger partial charge in [-0.1, -0.05) is 0 Å². The van der Waals surface area contributed by atoms with Gasteiger partial charge in [0.05, 0.1) is 12.8 Å². The Hall–Kier alpha value is -1.84. The molecular weight excluding hydrogens is 178 g/mol. The number of benzene rings is 1. The normalized spacial score (nSPS) is 10.1. The minimum absolute atomic E-state index is 0.853. The van der Waals surface area contributed by atoms with E-state index in [1.807, 2.05) is 25.1 Å². The highest BCUT2D eigenvalue weighted by Gasteiger charge is 2.02. The van der Waals surface area contributed by atoms with E-state index in [0.717, 1.165) is 17.0 Å². The quantitative estimate of drug-likeness (QED) is 0.720. The molecule has 0 N–H and O–H groups in total. The Kier molecular flexibility index (Phi) is 2.18. The van der Waals surface area contributed by atoms with Gasteiger partial charge in [-0.05, 0) is 30.7 Å². The molecule has 0 fully saturated rings. The SMILES string of the molecule is COc1ccc(-n2cncn2)c(C)c1. The molecule has 4 nitrogen and oxygen atoms in total. The molecule has 72 valence electrons. The lowest BCUT2D eigenvalue weighted by atomic mass is 10.2. The third-order valence-corrected chi connectivity index (χ3v) is 2.07. The summed E-state index contributed by atoms with van der Waals surface area (Å²) in [6.07, 6.45) is 3.19. The smallest absolute Gasteiger partial charge is 0.138 e. The van der Waals surface area contributed by atoms with Gasteiger partial charge < -0.3 is 4.74 Å². The highest BCUT2D eigenvalue weighted by molar-refractivity contribution is 5.44. The molecule has 4 heteroatoms. The molecule has 0 saturated heterocycles. The maximum atomic E-state index is 5.12. The number of hydrogen-bond acceptors (Lipinski definition) is 3. The fourth-order valence-corrected chi connectivity index (χ4v) is 1.34. The molecule has 0 bridgehead atoms. The molecule has 0 unspecified atom stereocenters. The van der Waals surface area contributed by atoms with Crippen LogP contribution < -0.4 is 4.74 Å². The van der Waals surface area contributed by atoms with Gasteiger partial charge in [0, 0.05) is 0 Å². The first kappa shape index (κ1) is 8.74. The molecule has 0 aliphatic rings. The molecule has 0 atom stereocenters. The van der Waals surface area contributed by atoms with Gasteiger partial charge in [0.1, 0.15) is 18.4 Å². The maximum absolute atomic E-state index is 5.12. The topological polar surface area (TPSA) is 39.9 Å². The van der Waals surface area contributed by atoms with Crippen molar-refractivity contribution in [1.29, 1.82) is 0 Å². The number of ether oxygens (including phenoxy) is 1. The van der Waals surface area contributed by atoms with E-state index in [2.05, 4.69) is 10.1 Å². The van der Waals surface area contributed by atoms with Crippen LogP contribution in [-0.4, -0.2) is 21.9 Å². The largest absolute Gasteiger partial charge is 0.497 e. The van der Waals surface area contributed by atoms with Crippen LogP contribution in [-0.2, 0) is 0 Å². The van der Waals surface area contributed by atoms with E-state index in [1.54, 1.807) is 18.1 Å². The highest BCUT2D eigenvalue weighted by Crippen LogP contribution is 2.18. The zero-order valence-electron chi connectivity index (χ0n) is 8.14. The van der Waals surface area contributed by atoms with E-state index < -0.39 is 0 Å². The van der Waals surface area contributed by atoms with Crippen molar-refractivity contribution >= 4 is 0 Å². The third-order valence-electron chi connectivity index (χ3n) is 2.07. The summed E-state index contributed by atoms with van der Waals surface area (Å²) in [7, 11) is 1.66. The highest BCUT2D eigenvalue weighted by atomic mass is 16.5. The average Bonchev–Trinajstić information content (AvgIpc) is 2.70. The number of aromatic nitrogens is 3. The summed E-state index contributed by atoms with van der Waals surface area (Å²) in [5.74, 6) is 0.853. The second kappa shape index (κ2) is 3.49. The summed E-state index contributed by atoms with van der Waals surface area (Å²) in [5, 5.41) is 4.07. The summed E-state index contributed by atoms with van der Waals surface area (Å²) in [6.45, 7) is 2.01. The molecular formula is C10H11N3O. The Morgan fingerprint density at radius 3 is 2.79 bits per heavy atom. The number of rotatable bonds is 2. The first-order chi connectivity index (χ1) is 6.81. The van der Waals surface area contributed by atoms with Gasteiger partial charge in [0.25, 0.3) is 0 Å². The second-order valence-electron chi connectivity index (χ2n) is 2.99. The van der Waals surface area contributed by atoms with Crippen molar-refractivity contribution in [3.63, 3.8) is 0 Å². The van der Waals surface area contributed by atoms with Crippen molar-refractivity contribution in [1.82, 2.24) is 14.8 Å². The van der Waals surface area contributed by atoms with Crippen LogP contribution in [0.3, 0.4) is 0 Å². The van der Waals surface area contributed by atoms with Crippen LogP contribution in [0.25, 0.3) is 5.69 Å². The van der Waals surface area contributed by atoms with E-state index >= 15 is 0 Å². The van der Waals surface area contributed by atoms with E-state index in [1.165, 1.54) is 6.33 Å². The summed E-state index contributed by atoms with van der Waals surface area (Å²) in [5.41, 5.74) is 2.12. The predicted molar refractivity (Wildman–Crippen MR) is 52.6 cm³/mol. The van der Waals surface area contributed by atoms with Crippen molar-refractivity contribution in [3.05, 3.63) is 36.4 Å². The fraction of sp³-hybridized carbons (Fsp3) is 0.200. The van der Waals surface area contributed by atoms with Crippen LogP contribution in [0.1, 0.15) is 5.56 Å². The molecule has 0 spiro atoms. The molecule has 0 amide bonds. The number of nitrogens with zero attached hydrogens (tertiary/aromatic N) is 3. The van der Waals surface area contributed by atoms with Crippen LogP contribution in [0.5, 0.6) is 5.75 Å². The summed E-state index contributed by atoms with van der Waals surface area (Å²) in [4.78, 5) is 3.90. The average molecular weight is 189 g/mol. The first-order valence-corrected chi connectivity index (χ1v) is 4.31. The van der Waals surface area contributed by atoms with Crippen LogP contribution in [0.4, 0.5) is 0 Å². The third kappa shape index (κ3) is 1.46. The molecule has 0 saturated carbocycles. The van der Waals surface area contributed by atoms with E-state index in [-0.39, 0.29) is 0 Å².